The molecule has 26 nitrogen and oxygen atoms in total. The van der Waals surface area contributed by atoms with Gasteiger partial charge in [0, 0.05) is 102 Å². The van der Waals surface area contributed by atoms with Crippen LogP contribution in [0.1, 0.15) is 77.0 Å². The fourth-order valence-electron chi connectivity index (χ4n) is 4.79. The van der Waals surface area contributed by atoms with Gasteiger partial charge in [0.1, 0.15) is 62.4 Å². The molecule has 0 heterocycles. The first-order valence-corrected chi connectivity index (χ1v) is 24.5. The number of carbonyl (C=O) groups excluding carboxylic acids is 8. The molecule has 2 aromatic rings. The first-order valence-electron chi connectivity index (χ1n) is 24.5. The Morgan fingerprint density at radius 2 is 0.526 bits per heavy atom. The molecule has 2 aromatic carbocycles. The molecule has 0 atom stereocenters. The van der Waals surface area contributed by atoms with Gasteiger partial charge in [0.2, 0.25) is 0 Å². The summed E-state index contributed by atoms with van der Waals surface area (Å²) in [5.74, 6) is 0.201. The molecular formula is C50H74N2O24. The van der Waals surface area contributed by atoms with Crippen LogP contribution in [-0.2, 0) is 76.1 Å². The second-order valence-electron chi connectivity index (χ2n) is 14.7. The number of nitro groups is 2. The molecule has 2 rings (SSSR count). The number of aldehydes is 6. The lowest BCUT2D eigenvalue weighted by molar-refractivity contribution is -0.385. The van der Waals surface area contributed by atoms with E-state index in [4.69, 9.17) is 56.8 Å². The molecule has 76 heavy (non-hydrogen) atoms. The molecule has 0 aliphatic rings. The first kappa shape index (κ1) is 71.6. The Morgan fingerprint density at radius 3 is 0.724 bits per heavy atom. The van der Waals surface area contributed by atoms with Gasteiger partial charge in [0.05, 0.1) is 75.9 Å². The minimum atomic E-state index is -0.980. The number of unbranched alkanes of at least 4 members (excludes halogenated alkanes) is 6. The summed E-state index contributed by atoms with van der Waals surface area (Å²) in [5.41, 5.74) is -0.268. The molecule has 0 bridgehead atoms. The average molecular weight is 1090 g/mol. The lowest BCUT2D eigenvalue weighted by atomic mass is 10.3. The summed E-state index contributed by atoms with van der Waals surface area (Å²) < 4.78 is 60.8. The molecule has 0 N–H and O–H groups in total. The van der Waals surface area contributed by atoms with Crippen molar-refractivity contribution in [2.45, 2.75) is 77.0 Å². The molecule has 0 fully saturated rings. The number of non-ortho nitro benzene ring substituents is 2. The fourth-order valence-corrected chi connectivity index (χ4v) is 4.79. The van der Waals surface area contributed by atoms with Crippen molar-refractivity contribution in [3.63, 3.8) is 0 Å². The number of carbonyl (C=O) groups is 8. The summed E-state index contributed by atoms with van der Waals surface area (Å²) in [7, 11) is 0. The van der Waals surface area contributed by atoms with E-state index in [0.717, 1.165) is 76.2 Å². The fraction of sp³-hybridized carbons (Fsp3) is 0.600. The van der Waals surface area contributed by atoms with Crippen LogP contribution < -0.4 is 9.47 Å². The van der Waals surface area contributed by atoms with Gasteiger partial charge in [-0.15, -0.1) is 0 Å². The van der Waals surface area contributed by atoms with Gasteiger partial charge in [-0.2, -0.15) is 0 Å². The highest BCUT2D eigenvalue weighted by Gasteiger charge is 2.11. The molecule has 0 aliphatic heterocycles. The zero-order chi connectivity index (χ0) is 56.2. The van der Waals surface area contributed by atoms with Crippen molar-refractivity contribution in [3.05, 3.63) is 68.8 Å². The number of nitrogens with zero attached hydrogens (tertiary/aromatic N) is 2. The Balaban J connectivity index is 0. The predicted molar refractivity (Wildman–Crippen MR) is 268 cm³/mol. The second-order valence-corrected chi connectivity index (χ2v) is 14.7. The maximum Gasteiger partial charge on any atom is 0.513 e. The number of benzene rings is 2. The van der Waals surface area contributed by atoms with E-state index in [1.165, 1.54) is 48.5 Å². The normalized spacial score (nSPS) is 10.1. The quantitative estimate of drug-likeness (QED) is 0.0178. The summed E-state index contributed by atoms with van der Waals surface area (Å²) in [6.07, 6.45) is 11.3. The Bertz CT molecular complexity index is 1570. The highest BCUT2D eigenvalue weighted by atomic mass is 16.7. The van der Waals surface area contributed by atoms with E-state index in [1.54, 1.807) is 0 Å². The smallest absolute Gasteiger partial charge is 0.432 e. The number of hydrogen-bond acceptors (Lipinski definition) is 24. The van der Waals surface area contributed by atoms with Gasteiger partial charge < -0.3 is 85.6 Å². The predicted octanol–water partition coefficient (Wildman–Crippen LogP) is 6.20. The highest BCUT2D eigenvalue weighted by Crippen LogP contribution is 2.18. The monoisotopic (exact) mass is 1090 g/mol. The van der Waals surface area contributed by atoms with Crippen molar-refractivity contribution in [3.8, 4) is 11.5 Å². The lowest BCUT2D eigenvalue weighted by Gasteiger charge is -2.08. The molecule has 0 unspecified atom stereocenters. The summed E-state index contributed by atoms with van der Waals surface area (Å²) in [6, 6.07) is 9.85. The molecule has 0 amide bonds. The van der Waals surface area contributed by atoms with E-state index in [2.05, 4.69) is 0 Å². The second kappa shape index (κ2) is 57.8. The number of rotatable bonds is 46. The molecule has 0 spiro atoms. The third-order valence-electron chi connectivity index (χ3n) is 8.54. The SMILES string of the molecule is O=C(OCCOCCOCCOC(=O)Oc1ccc([N+](=O)[O-])cc1)Oc1ccc([N+](=O)[O-])cc1.O=CCCCOCCOCCCC=O.O=CCCCOCCOCCCC=O.O=CCCCOCCOCCCC=O. The van der Waals surface area contributed by atoms with Crippen LogP contribution in [0.3, 0.4) is 0 Å². The van der Waals surface area contributed by atoms with Crippen molar-refractivity contribution >= 4 is 61.4 Å². The van der Waals surface area contributed by atoms with Crippen LogP contribution in [0.4, 0.5) is 21.0 Å². The summed E-state index contributed by atoms with van der Waals surface area (Å²) in [4.78, 5) is 103. The molecule has 0 saturated carbocycles. The zero-order valence-electron chi connectivity index (χ0n) is 43.0. The van der Waals surface area contributed by atoms with Gasteiger partial charge in [-0.1, -0.05) is 0 Å². The molecule has 26 heteroatoms. The van der Waals surface area contributed by atoms with Crippen molar-refractivity contribution in [1.82, 2.24) is 0 Å². The molecule has 428 valence electrons. The van der Waals surface area contributed by atoms with E-state index in [1.807, 2.05) is 0 Å². The minimum absolute atomic E-state index is 0.0800. The minimum Gasteiger partial charge on any atom is -0.432 e. The lowest BCUT2D eigenvalue weighted by Crippen LogP contribution is -2.17. The van der Waals surface area contributed by atoms with Crippen LogP contribution in [0.15, 0.2) is 48.5 Å². The van der Waals surface area contributed by atoms with E-state index < -0.39 is 22.2 Å². The summed E-state index contributed by atoms with van der Waals surface area (Å²) >= 11 is 0. The van der Waals surface area contributed by atoms with E-state index in [0.29, 0.717) is 118 Å². The van der Waals surface area contributed by atoms with Gasteiger partial charge in [-0.3, -0.25) is 20.2 Å². The van der Waals surface area contributed by atoms with E-state index in [-0.39, 0.29) is 62.5 Å². The maximum absolute atomic E-state index is 11.5. The molecule has 0 aliphatic carbocycles. The standard InChI is InChI=1S/C20H20N2O12.3C10H18O4/c23-19(33-17-5-1-15(2-6-17)21(25)26)31-13-11-29-9-10-30-12-14-32-20(24)34-18-7-3-16(4-8-18)22(27)28;3*11-5-1-3-7-13-9-10-14-8-4-2-6-12/h1-8H,9-14H2;3*5-6H,1-4,7-10H2. The van der Waals surface area contributed by atoms with Gasteiger partial charge >= 0.3 is 12.3 Å². The summed E-state index contributed by atoms with van der Waals surface area (Å²) in [6.45, 7) is 7.36. The molecule has 0 saturated heterocycles. The first-order chi connectivity index (χ1) is 37.1. The topological polar surface area (TPSA) is 334 Å². The van der Waals surface area contributed by atoms with Gasteiger partial charge in [0.25, 0.3) is 11.4 Å². The van der Waals surface area contributed by atoms with Crippen LogP contribution in [0, 0.1) is 20.2 Å². The number of hydrogen-bond donors (Lipinski definition) is 0. The van der Waals surface area contributed by atoms with Crippen LogP contribution in [-0.4, -0.2) is 179 Å². The van der Waals surface area contributed by atoms with Crippen molar-refractivity contribution in [2.75, 3.05) is 119 Å². The van der Waals surface area contributed by atoms with E-state index in [9.17, 15) is 58.6 Å². The van der Waals surface area contributed by atoms with Crippen molar-refractivity contribution in [2.24, 2.45) is 0 Å². The third-order valence-corrected chi connectivity index (χ3v) is 8.54. The highest BCUT2D eigenvalue weighted by molar-refractivity contribution is 5.64. The van der Waals surface area contributed by atoms with Gasteiger partial charge in [-0.05, 0) is 62.8 Å². The van der Waals surface area contributed by atoms with Crippen LogP contribution >= 0.6 is 0 Å². The maximum atomic E-state index is 11.5. The van der Waals surface area contributed by atoms with Crippen molar-refractivity contribution < 1.29 is 105 Å². The molecule has 0 radical (unpaired) electrons. The third kappa shape index (κ3) is 52.3. The Labute approximate surface area is 441 Å². The van der Waals surface area contributed by atoms with Crippen molar-refractivity contribution in [1.29, 1.82) is 0 Å². The Kier molecular flexibility index (Phi) is 54.4. The Hall–Kier alpha value is -6.52. The Morgan fingerprint density at radius 1 is 0.329 bits per heavy atom. The van der Waals surface area contributed by atoms with Crippen LogP contribution in [0.2, 0.25) is 0 Å². The van der Waals surface area contributed by atoms with Crippen LogP contribution in [0.5, 0.6) is 11.5 Å². The molecule has 0 aromatic heterocycles. The van der Waals surface area contributed by atoms with Gasteiger partial charge in [-0.25, -0.2) is 9.59 Å². The van der Waals surface area contributed by atoms with Gasteiger partial charge in [0.15, 0.2) is 0 Å². The summed E-state index contributed by atoms with van der Waals surface area (Å²) in [5, 5.41) is 21.1. The zero-order valence-corrected chi connectivity index (χ0v) is 43.0. The average Bonchev–Trinajstić information content (AvgIpc) is 3.41. The molecular weight excluding hydrogens is 1010 g/mol. The van der Waals surface area contributed by atoms with Crippen LogP contribution in [0.25, 0.3) is 0 Å². The largest absolute Gasteiger partial charge is 0.513 e. The number of nitro benzene ring substituents is 2. The number of ether oxygens (including phenoxy) is 12. The van der Waals surface area contributed by atoms with E-state index >= 15 is 0 Å².